The first-order valence-corrected chi connectivity index (χ1v) is 7.86. The maximum Gasteiger partial charge on any atom is 0.121 e. The van der Waals surface area contributed by atoms with Gasteiger partial charge in [-0.1, -0.05) is 42.3 Å². The number of benzene rings is 1. The van der Waals surface area contributed by atoms with Crippen LogP contribution in [-0.2, 0) is 0 Å². The van der Waals surface area contributed by atoms with Crippen LogP contribution in [0.2, 0.25) is 0 Å². The van der Waals surface area contributed by atoms with E-state index in [9.17, 15) is 5.11 Å². The van der Waals surface area contributed by atoms with Crippen molar-refractivity contribution in [1.29, 1.82) is 0 Å². The van der Waals surface area contributed by atoms with E-state index in [0.717, 1.165) is 42.6 Å². The van der Waals surface area contributed by atoms with E-state index >= 15 is 0 Å². The van der Waals surface area contributed by atoms with Gasteiger partial charge in [0, 0.05) is 42.3 Å². The lowest BCUT2D eigenvalue weighted by Gasteiger charge is -2.38. The van der Waals surface area contributed by atoms with Crippen LogP contribution >= 0.6 is 40.7 Å². The summed E-state index contributed by atoms with van der Waals surface area (Å²) in [6.45, 7) is 8.65. The molecule has 21 heavy (non-hydrogen) atoms. The summed E-state index contributed by atoms with van der Waals surface area (Å²) < 4.78 is 0.928. The van der Waals surface area contributed by atoms with E-state index in [0.29, 0.717) is 17.7 Å². The van der Waals surface area contributed by atoms with E-state index in [4.69, 9.17) is 0 Å². The molecule has 1 aliphatic rings. The molecule has 1 fully saturated rings. The largest absolute Gasteiger partial charge is 0.508 e. The Balaban J connectivity index is 0.00000200. The number of nitrogens with zero attached hydrogens (tertiary/aromatic N) is 1. The second-order valence-electron chi connectivity index (χ2n) is 5.32. The number of hydrogen-bond donors (Lipinski definition) is 2. The monoisotopic (exact) mass is 398 g/mol. The van der Waals surface area contributed by atoms with Gasteiger partial charge in [-0.2, -0.15) is 0 Å². The van der Waals surface area contributed by atoms with E-state index < -0.39 is 0 Å². The standard InChI is InChI=1S/C15H23BrN2O.2ClH/c1-3-11(2)15(18-8-6-17-7-9-18)13-5-4-12(16)10-14(13)19;;/h4-5,10-11,15,17,19H,3,6-9H2,1-2H3;2*1H/t11?,15-;;/m1../s1. The van der Waals surface area contributed by atoms with Crippen molar-refractivity contribution in [3.05, 3.63) is 28.2 Å². The van der Waals surface area contributed by atoms with E-state index in [2.05, 4.69) is 46.1 Å². The molecule has 3 nitrogen and oxygen atoms in total. The van der Waals surface area contributed by atoms with Crippen LogP contribution in [0.4, 0.5) is 0 Å². The topological polar surface area (TPSA) is 35.5 Å². The molecule has 1 heterocycles. The SMILES string of the molecule is CCC(C)[C@H](c1ccc(Br)cc1O)N1CCNCC1.Cl.Cl. The van der Waals surface area contributed by atoms with E-state index in [1.165, 1.54) is 0 Å². The molecule has 1 aromatic carbocycles. The van der Waals surface area contributed by atoms with Gasteiger partial charge >= 0.3 is 0 Å². The molecule has 2 rings (SSSR count). The third-order valence-corrected chi connectivity index (χ3v) is 4.53. The summed E-state index contributed by atoms with van der Waals surface area (Å²) in [5.41, 5.74) is 1.06. The molecule has 1 unspecified atom stereocenters. The molecule has 1 saturated heterocycles. The molecule has 1 aromatic rings. The average Bonchev–Trinajstić information content (AvgIpc) is 2.42. The molecule has 1 aliphatic heterocycles. The highest BCUT2D eigenvalue weighted by atomic mass is 79.9. The number of halogens is 3. The van der Waals surface area contributed by atoms with Crippen LogP contribution < -0.4 is 5.32 Å². The van der Waals surface area contributed by atoms with Crippen LogP contribution in [0.3, 0.4) is 0 Å². The van der Waals surface area contributed by atoms with Gasteiger partial charge in [-0.15, -0.1) is 24.8 Å². The van der Waals surface area contributed by atoms with Crippen LogP contribution in [0.1, 0.15) is 31.9 Å². The Morgan fingerprint density at radius 3 is 2.43 bits per heavy atom. The highest BCUT2D eigenvalue weighted by molar-refractivity contribution is 9.10. The van der Waals surface area contributed by atoms with Crippen LogP contribution in [0.25, 0.3) is 0 Å². The zero-order valence-electron chi connectivity index (χ0n) is 12.5. The highest BCUT2D eigenvalue weighted by Crippen LogP contribution is 2.37. The van der Waals surface area contributed by atoms with Crippen molar-refractivity contribution in [3.63, 3.8) is 0 Å². The van der Waals surface area contributed by atoms with Crippen LogP contribution in [0.15, 0.2) is 22.7 Å². The van der Waals surface area contributed by atoms with Crippen molar-refractivity contribution in [2.45, 2.75) is 26.3 Å². The zero-order valence-corrected chi connectivity index (χ0v) is 15.7. The third kappa shape index (κ3) is 5.29. The maximum absolute atomic E-state index is 10.3. The van der Waals surface area contributed by atoms with E-state index in [1.807, 2.05) is 6.07 Å². The minimum atomic E-state index is 0. The quantitative estimate of drug-likeness (QED) is 0.803. The smallest absolute Gasteiger partial charge is 0.121 e. The van der Waals surface area contributed by atoms with Gasteiger partial charge in [0.25, 0.3) is 0 Å². The molecule has 0 amide bonds. The van der Waals surface area contributed by atoms with Gasteiger partial charge < -0.3 is 10.4 Å². The number of aromatic hydroxyl groups is 1. The first-order chi connectivity index (χ1) is 9.13. The fourth-order valence-electron chi connectivity index (χ4n) is 2.81. The predicted octanol–water partition coefficient (Wildman–Crippen LogP) is 3.99. The molecule has 6 heteroatoms. The van der Waals surface area contributed by atoms with Gasteiger partial charge in [-0.3, -0.25) is 4.90 Å². The molecule has 0 aromatic heterocycles. The minimum Gasteiger partial charge on any atom is -0.508 e. The second-order valence-corrected chi connectivity index (χ2v) is 6.24. The normalized spacial score (nSPS) is 18.2. The zero-order chi connectivity index (χ0) is 13.8. The summed E-state index contributed by atoms with van der Waals surface area (Å²) >= 11 is 3.41. The van der Waals surface area contributed by atoms with Gasteiger partial charge in [0.15, 0.2) is 0 Å². The van der Waals surface area contributed by atoms with Gasteiger partial charge in [0.1, 0.15) is 5.75 Å². The number of hydrogen-bond acceptors (Lipinski definition) is 3. The molecular weight excluding hydrogens is 375 g/mol. The van der Waals surface area contributed by atoms with Crippen LogP contribution in [0.5, 0.6) is 5.75 Å². The summed E-state index contributed by atoms with van der Waals surface area (Å²) in [5.74, 6) is 0.934. The van der Waals surface area contributed by atoms with Crippen molar-refractivity contribution in [3.8, 4) is 5.75 Å². The van der Waals surface area contributed by atoms with Gasteiger partial charge in [-0.25, -0.2) is 0 Å². The summed E-state index contributed by atoms with van der Waals surface area (Å²) in [5, 5.41) is 13.7. The van der Waals surface area contributed by atoms with Gasteiger partial charge in [-0.05, 0) is 18.1 Å². The molecule has 0 aliphatic carbocycles. The Kier molecular flexibility index (Phi) is 9.90. The summed E-state index contributed by atoms with van der Waals surface area (Å²) in [6, 6.07) is 6.18. The maximum atomic E-state index is 10.3. The Morgan fingerprint density at radius 2 is 1.90 bits per heavy atom. The molecule has 0 spiro atoms. The lowest BCUT2D eigenvalue weighted by molar-refractivity contribution is 0.126. The fourth-order valence-corrected chi connectivity index (χ4v) is 3.16. The van der Waals surface area contributed by atoms with E-state index in [-0.39, 0.29) is 24.8 Å². The minimum absolute atomic E-state index is 0. The Bertz CT molecular complexity index is 428. The molecule has 2 N–H and O–H groups in total. The number of rotatable bonds is 4. The molecule has 0 saturated carbocycles. The van der Waals surface area contributed by atoms with Crippen LogP contribution in [-0.4, -0.2) is 36.2 Å². The second kappa shape index (κ2) is 9.90. The summed E-state index contributed by atoms with van der Waals surface area (Å²) in [6.07, 6.45) is 1.12. The number of phenols is 1. The van der Waals surface area contributed by atoms with Crippen molar-refractivity contribution in [1.82, 2.24) is 10.2 Å². The number of nitrogens with one attached hydrogen (secondary N) is 1. The number of phenolic OH excluding ortho intramolecular Hbond substituents is 1. The summed E-state index contributed by atoms with van der Waals surface area (Å²) in [7, 11) is 0. The molecule has 0 radical (unpaired) electrons. The first kappa shape index (κ1) is 21.0. The molecule has 122 valence electrons. The summed E-state index contributed by atoms with van der Waals surface area (Å²) in [4.78, 5) is 2.49. The Labute approximate surface area is 148 Å². The van der Waals surface area contributed by atoms with Crippen molar-refractivity contribution in [2.75, 3.05) is 26.2 Å². The molecular formula is C15H25BrCl2N2O. The van der Waals surface area contributed by atoms with Crippen molar-refractivity contribution >= 4 is 40.7 Å². The highest BCUT2D eigenvalue weighted by Gasteiger charge is 2.28. The van der Waals surface area contributed by atoms with Gasteiger partial charge in [0.2, 0.25) is 0 Å². The third-order valence-electron chi connectivity index (χ3n) is 4.04. The van der Waals surface area contributed by atoms with Crippen molar-refractivity contribution in [2.24, 2.45) is 5.92 Å². The lowest BCUT2D eigenvalue weighted by Crippen LogP contribution is -2.46. The first-order valence-electron chi connectivity index (χ1n) is 7.06. The van der Waals surface area contributed by atoms with E-state index in [1.54, 1.807) is 6.07 Å². The number of piperazine rings is 1. The average molecular weight is 400 g/mol. The Hall–Kier alpha value is -0.000000000000000111. The van der Waals surface area contributed by atoms with Crippen LogP contribution in [0, 0.1) is 5.92 Å². The fraction of sp³-hybridized carbons (Fsp3) is 0.600. The predicted molar refractivity (Wildman–Crippen MR) is 96.9 cm³/mol. The van der Waals surface area contributed by atoms with Gasteiger partial charge in [0.05, 0.1) is 0 Å². The van der Waals surface area contributed by atoms with Crippen molar-refractivity contribution < 1.29 is 5.11 Å². The molecule has 2 atom stereocenters. The lowest BCUT2D eigenvalue weighted by atomic mass is 9.90. The molecule has 0 bridgehead atoms. The Morgan fingerprint density at radius 1 is 1.29 bits per heavy atom.